The van der Waals surface area contributed by atoms with E-state index in [0.717, 1.165) is 40.8 Å². The molecule has 1 aliphatic heterocycles. The number of fused-ring (bicyclic) bond motifs is 1. The van der Waals surface area contributed by atoms with Gasteiger partial charge in [-0.25, -0.2) is 0 Å². The molecule has 1 aromatic carbocycles. The summed E-state index contributed by atoms with van der Waals surface area (Å²) in [4.78, 5) is 6.25. The molecule has 2 aromatic rings. The van der Waals surface area contributed by atoms with Crippen molar-refractivity contribution in [1.29, 1.82) is 0 Å². The van der Waals surface area contributed by atoms with Crippen LogP contribution in [0.25, 0.3) is 16.5 Å². The minimum Gasteiger partial charge on any atom is -0.313 e. The summed E-state index contributed by atoms with van der Waals surface area (Å²) in [5.74, 6) is 0. The largest absolute Gasteiger partial charge is 0.591 e. The third-order valence-electron chi connectivity index (χ3n) is 3.64. The predicted molar refractivity (Wildman–Crippen MR) is 74.7 cm³/mol. The zero-order valence-electron chi connectivity index (χ0n) is 11.5. The van der Waals surface area contributed by atoms with E-state index in [0.29, 0.717) is 5.52 Å². The van der Waals surface area contributed by atoms with Crippen LogP contribution in [-0.4, -0.2) is 36.1 Å². The van der Waals surface area contributed by atoms with Crippen molar-refractivity contribution in [1.82, 2.24) is 9.63 Å². The van der Waals surface area contributed by atoms with Crippen molar-refractivity contribution in [2.24, 2.45) is 0 Å². The first-order valence-electron chi connectivity index (χ1n) is 6.68. The number of hydrogen-bond acceptors (Lipinski definition) is 2. The van der Waals surface area contributed by atoms with E-state index in [9.17, 15) is 13.2 Å². The Labute approximate surface area is 120 Å². The number of hydrogen-bond donors (Lipinski definition) is 0. The zero-order valence-corrected chi connectivity index (χ0v) is 11.5. The average Bonchev–Trinajstić information content (AvgIpc) is 2.77. The smallest absolute Gasteiger partial charge is 0.313 e. The molecule has 0 atom stereocenters. The van der Waals surface area contributed by atoms with E-state index in [2.05, 4.69) is 15.8 Å². The lowest BCUT2D eigenvalue weighted by atomic mass is 9.99. The molecule has 1 aromatic heterocycles. The molecule has 0 spiro atoms. The van der Waals surface area contributed by atoms with Gasteiger partial charge in [0.2, 0.25) is 0 Å². The Kier molecular flexibility index (Phi) is 3.41. The van der Waals surface area contributed by atoms with Gasteiger partial charge in [-0.1, -0.05) is 24.3 Å². The quantitative estimate of drug-likeness (QED) is 0.846. The third-order valence-corrected chi connectivity index (χ3v) is 3.64. The van der Waals surface area contributed by atoms with Crippen LogP contribution in [0.4, 0.5) is 13.2 Å². The van der Waals surface area contributed by atoms with Crippen LogP contribution in [0.1, 0.15) is 12.0 Å². The van der Waals surface area contributed by atoms with Crippen molar-refractivity contribution in [3.05, 3.63) is 42.1 Å². The molecule has 0 amide bonds. The summed E-state index contributed by atoms with van der Waals surface area (Å²) >= 11 is 0. The van der Waals surface area contributed by atoms with E-state index in [1.807, 2.05) is 19.2 Å². The Morgan fingerprint density at radius 1 is 1.19 bits per heavy atom. The van der Waals surface area contributed by atoms with Crippen LogP contribution in [-0.2, 0) is 0 Å². The lowest BCUT2D eigenvalue weighted by molar-refractivity contribution is -0.321. The van der Waals surface area contributed by atoms with Crippen LogP contribution >= 0.6 is 0 Å². The maximum absolute atomic E-state index is 12.5. The molecule has 0 N–H and O–H groups in total. The summed E-state index contributed by atoms with van der Waals surface area (Å²) in [6, 6.07) is 6.96. The Morgan fingerprint density at radius 3 is 2.62 bits per heavy atom. The molecule has 0 saturated heterocycles. The van der Waals surface area contributed by atoms with Gasteiger partial charge in [0.05, 0.1) is 11.7 Å². The standard InChI is InChI=1S/C15H15F3N2O/c1-19-8-6-11(7-9-19)13-10-20(21-15(16,17)18)14-5-3-2-4-12(13)14/h2-6,10H,7-9H2,1H3. The van der Waals surface area contributed by atoms with E-state index in [-0.39, 0.29) is 0 Å². The number of para-hydroxylation sites is 1. The fourth-order valence-electron chi connectivity index (χ4n) is 2.61. The van der Waals surface area contributed by atoms with E-state index in [4.69, 9.17) is 0 Å². The zero-order chi connectivity index (χ0) is 15.0. The van der Waals surface area contributed by atoms with Crippen LogP contribution < -0.4 is 4.84 Å². The number of alkyl halides is 3. The Balaban J connectivity index is 2.07. The van der Waals surface area contributed by atoms with E-state index < -0.39 is 6.36 Å². The molecule has 3 rings (SSSR count). The summed E-state index contributed by atoms with van der Waals surface area (Å²) < 4.78 is 38.3. The van der Waals surface area contributed by atoms with Crippen molar-refractivity contribution in [3.63, 3.8) is 0 Å². The Bertz CT molecular complexity index is 688. The molecule has 21 heavy (non-hydrogen) atoms. The summed E-state index contributed by atoms with van der Waals surface area (Å²) in [5.41, 5.74) is 2.29. The summed E-state index contributed by atoms with van der Waals surface area (Å²) in [7, 11) is 2.02. The van der Waals surface area contributed by atoms with Crippen molar-refractivity contribution in [2.45, 2.75) is 12.8 Å². The Morgan fingerprint density at radius 2 is 1.95 bits per heavy atom. The minimum absolute atomic E-state index is 0.421. The first kappa shape index (κ1) is 14.0. The summed E-state index contributed by atoms with van der Waals surface area (Å²) in [6.07, 6.45) is -0.407. The molecule has 112 valence electrons. The van der Waals surface area contributed by atoms with Gasteiger partial charge in [0, 0.05) is 24.0 Å². The highest BCUT2D eigenvalue weighted by Crippen LogP contribution is 2.31. The maximum Gasteiger partial charge on any atom is 0.591 e. The fraction of sp³-hybridized carbons (Fsp3) is 0.333. The second-order valence-electron chi connectivity index (χ2n) is 5.16. The molecule has 0 aliphatic carbocycles. The number of halogens is 3. The SMILES string of the molecule is CN1CC=C(c2cn(OC(F)(F)F)c3ccccc23)CC1. The minimum atomic E-state index is -4.71. The highest BCUT2D eigenvalue weighted by molar-refractivity contribution is 5.93. The van der Waals surface area contributed by atoms with Crippen LogP contribution in [0, 0.1) is 0 Å². The molecule has 1 aliphatic rings. The first-order valence-corrected chi connectivity index (χ1v) is 6.68. The maximum atomic E-state index is 12.5. The van der Waals surface area contributed by atoms with Gasteiger partial charge < -0.3 is 9.74 Å². The summed E-state index contributed by atoms with van der Waals surface area (Å²) in [5, 5.41) is 0.776. The number of benzene rings is 1. The van der Waals surface area contributed by atoms with Crippen LogP contribution in [0.2, 0.25) is 0 Å². The number of rotatable bonds is 2. The van der Waals surface area contributed by atoms with E-state index in [1.165, 1.54) is 6.20 Å². The molecular weight excluding hydrogens is 281 g/mol. The van der Waals surface area contributed by atoms with Gasteiger partial charge in [0.25, 0.3) is 0 Å². The van der Waals surface area contributed by atoms with Crippen LogP contribution in [0.5, 0.6) is 0 Å². The van der Waals surface area contributed by atoms with Gasteiger partial charge in [-0.05, 0) is 25.1 Å². The molecule has 0 bridgehead atoms. The van der Waals surface area contributed by atoms with Crippen LogP contribution in [0.15, 0.2) is 36.5 Å². The molecule has 0 unspecified atom stereocenters. The van der Waals surface area contributed by atoms with Gasteiger partial charge in [-0.3, -0.25) is 0 Å². The first-order chi connectivity index (χ1) is 9.94. The number of nitrogens with zero attached hydrogens (tertiary/aromatic N) is 2. The number of aromatic nitrogens is 1. The van der Waals surface area contributed by atoms with Crippen molar-refractivity contribution >= 4 is 16.5 Å². The van der Waals surface area contributed by atoms with Crippen molar-refractivity contribution in [2.75, 3.05) is 20.1 Å². The topological polar surface area (TPSA) is 17.4 Å². The van der Waals surface area contributed by atoms with Gasteiger partial charge in [0.15, 0.2) is 0 Å². The fourth-order valence-corrected chi connectivity index (χ4v) is 2.61. The van der Waals surface area contributed by atoms with Gasteiger partial charge in [0.1, 0.15) is 0 Å². The molecular formula is C15H15F3N2O. The molecule has 2 heterocycles. The van der Waals surface area contributed by atoms with Gasteiger partial charge in [-0.2, -0.15) is 4.73 Å². The van der Waals surface area contributed by atoms with Crippen LogP contribution in [0.3, 0.4) is 0 Å². The second kappa shape index (κ2) is 5.11. The van der Waals surface area contributed by atoms with E-state index in [1.54, 1.807) is 12.1 Å². The molecule has 6 heteroatoms. The molecule has 3 nitrogen and oxygen atoms in total. The van der Waals surface area contributed by atoms with Gasteiger partial charge >= 0.3 is 6.36 Å². The van der Waals surface area contributed by atoms with E-state index >= 15 is 0 Å². The average molecular weight is 296 g/mol. The Hall–Kier alpha value is -1.95. The lowest BCUT2D eigenvalue weighted by Gasteiger charge is -2.21. The van der Waals surface area contributed by atoms with Crippen molar-refractivity contribution in [3.8, 4) is 0 Å². The normalized spacial score (nSPS) is 17.0. The van der Waals surface area contributed by atoms with Crippen molar-refractivity contribution < 1.29 is 18.0 Å². The van der Waals surface area contributed by atoms with Gasteiger partial charge in [-0.15, -0.1) is 13.2 Å². The highest BCUT2D eigenvalue weighted by atomic mass is 19.4. The predicted octanol–water partition coefficient (Wildman–Crippen LogP) is 3.31. The second-order valence-corrected chi connectivity index (χ2v) is 5.16. The molecule has 0 fully saturated rings. The number of likely N-dealkylation sites (N-methyl/N-ethyl adjacent to an activating group) is 1. The monoisotopic (exact) mass is 296 g/mol. The highest BCUT2D eigenvalue weighted by Gasteiger charge is 2.33. The lowest BCUT2D eigenvalue weighted by Crippen LogP contribution is -2.26. The molecule has 0 saturated carbocycles. The third kappa shape index (κ3) is 2.90. The summed E-state index contributed by atoms with van der Waals surface area (Å²) in [6.45, 7) is 1.69. The molecule has 0 radical (unpaired) electrons.